The third kappa shape index (κ3) is 4.28. The Labute approximate surface area is 122 Å². The van der Waals surface area contributed by atoms with Crippen LogP contribution in [0.4, 0.5) is 5.69 Å². The molecule has 0 radical (unpaired) electrons. The molecule has 0 aliphatic rings. The molecule has 0 saturated heterocycles. The molecule has 0 fully saturated rings. The van der Waals surface area contributed by atoms with E-state index in [9.17, 15) is 9.59 Å². The van der Waals surface area contributed by atoms with Gasteiger partial charge in [0.05, 0.1) is 14.2 Å². The molecule has 20 heavy (non-hydrogen) atoms. The summed E-state index contributed by atoms with van der Waals surface area (Å²) in [6.07, 6.45) is 3.50. The van der Waals surface area contributed by atoms with E-state index in [0.717, 1.165) is 0 Å². The van der Waals surface area contributed by atoms with Crippen LogP contribution in [0.1, 0.15) is 12.0 Å². The van der Waals surface area contributed by atoms with E-state index in [0.29, 0.717) is 16.3 Å². The predicted molar refractivity (Wildman–Crippen MR) is 77.0 cm³/mol. The van der Waals surface area contributed by atoms with Gasteiger partial charge in [0.25, 0.3) is 0 Å². The number of nitrogens with two attached hydrogens (primary N) is 1. The van der Waals surface area contributed by atoms with Gasteiger partial charge >= 0.3 is 11.9 Å². The van der Waals surface area contributed by atoms with E-state index in [4.69, 9.17) is 17.3 Å². The number of benzene rings is 1. The van der Waals surface area contributed by atoms with Gasteiger partial charge in [-0.1, -0.05) is 23.8 Å². The summed E-state index contributed by atoms with van der Waals surface area (Å²) < 4.78 is 9.12. The zero-order chi connectivity index (χ0) is 15.1. The third-order valence-electron chi connectivity index (χ3n) is 2.66. The number of carbonyl (C=O) groups is 2. The van der Waals surface area contributed by atoms with Crippen molar-refractivity contribution in [2.24, 2.45) is 5.92 Å². The summed E-state index contributed by atoms with van der Waals surface area (Å²) in [7, 11) is 2.44. The van der Waals surface area contributed by atoms with Crippen LogP contribution in [-0.2, 0) is 19.1 Å². The van der Waals surface area contributed by atoms with Crippen LogP contribution < -0.4 is 5.73 Å². The van der Waals surface area contributed by atoms with Gasteiger partial charge in [-0.15, -0.1) is 0 Å². The van der Waals surface area contributed by atoms with Crippen LogP contribution in [-0.4, -0.2) is 26.2 Å². The van der Waals surface area contributed by atoms with Gasteiger partial charge in [0, 0.05) is 10.7 Å². The van der Waals surface area contributed by atoms with E-state index in [2.05, 4.69) is 9.47 Å². The van der Waals surface area contributed by atoms with Crippen molar-refractivity contribution in [3.05, 3.63) is 34.9 Å². The Balaban J connectivity index is 2.81. The second-order valence-electron chi connectivity index (χ2n) is 4.02. The van der Waals surface area contributed by atoms with Crippen molar-refractivity contribution in [3.8, 4) is 0 Å². The summed E-state index contributed by atoms with van der Waals surface area (Å²) >= 11 is 6.00. The molecule has 108 valence electrons. The van der Waals surface area contributed by atoms with Gasteiger partial charge in [-0.05, 0) is 30.2 Å². The first-order valence-electron chi connectivity index (χ1n) is 5.86. The number of esters is 2. The SMILES string of the molecule is COC(=O)C(CC=Cc1cc(N)ccc1Cl)C(=O)OC. The fraction of sp³-hybridized carbons (Fsp3) is 0.286. The highest BCUT2D eigenvalue weighted by atomic mass is 35.5. The molecule has 1 rings (SSSR count). The largest absolute Gasteiger partial charge is 0.468 e. The van der Waals surface area contributed by atoms with Crippen LogP contribution in [0.15, 0.2) is 24.3 Å². The fourth-order valence-electron chi connectivity index (χ4n) is 1.59. The summed E-state index contributed by atoms with van der Waals surface area (Å²) in [6.45, 7) is 0. The lowest BCUT2D eigenvalue weighted by atomic mass is 10.0. The van der Waals surface area contributed by atoms with Crippen LogP contribution in [0, 0.1) is 5.92 Å². The van der Waals surface area contributed by atoms with Gasteiger partial charge in [-0.3, -0.25) is 9.59 Å². The Morgan fingerprint density at radius 1 is 1.30 bits per heavy atom. The molecule has 1 aromatic rings. The summed E-state index contributed by atoms with van der Waals surface area (Å²) in [6, 6.07) is 5.06. The summed E-state index contributed by atoms with van der Waals surface area (Å²) in [5, 5.41) is 0.531. The molecule has 0 atom stereocenters. The molecule has 0 saturated carbocycles. The van der Waals surface area contributed by atoms with E-state index in [1.165, 1.54) is 14.2 Å². The molecule has 0 aromatic heterocycles. The van der Waals surface area contributed by atoms with Gasteiger partial charge in [0.1, 0.15) is 0 Å². The van der Waals surface area contributed by atoms with E-state index in [-0.39, 0.29) is 6.42 Å². The number of halogens is 1. The minimum absolute atomic E-state index is 0.157. The first-order chi connectivity index (χ1) is 9.49. The van der Waals surface area contributed by atoms with Crippen molar-refractivity contribution >= 4 is 35.3 Å². The van der Waals surface area contributed by atoms with Crippen molar-refractivity contribution < 1.29 is 19.1 Å². The minimum Gasteiger partial charge on any atom is -0.468 e. The van der Waals surface area contributed by atoms with E-state index >= 15 is 0 Å². The lowest BCUT2D eigenvalue weighted by Gasteiger charge is -2.09. The van der Waals surface area contributed by atoms with Crippen molar-refractivity contribution in [2.75, 3.05) is 20.0 Å². The monoisotopic (exact) mass is 297 g/mol. The zero-order valence-electron chi connectivity index (χ0n) is 11.3. The molecule has 5 nitrogen and oxygen atoms in total. The van der Waals surface area contributed by atoms with Gasteiger partial charge in [-0.25, -0.2) is 0 Å². The average molecular weight is 298 g/mol. The molecule has 0 aliphatic heterocycles. The lowest BCUT2D eigenvalue weighted by Crippen LogP contribution is -2.25. The second kappa shape index (κ2) is 7.55. The van der Waals surface area contributed by atoms with Crippen LogP contribution in [0.2, 0.25) is 5.02 Å². The van der Waals surface area contributed by atoms with Crippen LogP contribution in [0.3, 0.4) is 0 Å². The molecule has 0 amide bonds. The maximum Gasteiger partial charge on any atom is 0.320 e. The first kappa shape index (κ1) is 16.0. The Hall–Kier alpha value is -2.01. The molecule has 0 unspecified atom stereocenters. The van der Waals surface area contributed by atoms with Crippen LogP contribution in [0.5, 0.6) is 0 Å². The number of anilines is 1. The molecule has 1 aromatic carbocycles. The number of hydrogen-bond donors (Lipinski definition) is 1. The maximum absolute atomic E-state index is 11.5. The second-order valence-corrected chi connectivity index (χ2v) is 4.43. The number of rotatable bonds is 5. The maximum atomic E-state index is 11.5. The minimum atomic E-state index is -0.985. The van der Waals surface area contributed by atoms with Gasteiger partial charge in [0.15, 0.2) is 5.92 Å². The van der Waals surface area contributed by atoms with Gasteiger partial charge in [-0.2, -0.15) is 0 Å². The Morgan fingerprint density at radius 3 is 2.45 bits per heavy atom. The molecule has 0 bridgehead atoms. The highest BCUT2D eigenvalue weighted by Gasteiger charge is 2.27. The number of nitrogen functional groups attached to an aromatic ring is 1. The fourth-order valence-corrected chi connectivity index (χ4v) is 1.77. The first-order valence-corrected chi connectivity index (χ1v) is 6.24. The Kier molecular flexibility index (Phi) is 6.06. The zero-order valence-corrected chi connectivity index (χ0v) is 12.0. The van der Waals surface area contributed by atoms with Crippen LogP contribution in [0.25, 0.3) is 6.08 Å². The third-order valence-corrected chi connectivity index (χ3v) is 3.00. The molecular weight excluding hydrogens is 282 g/mol. The number of hydrogen-bond acceptors (Lipinski definition) is 5. The topological polar surface area (TPSA) is 78.6 Å². The number of allylic oxidation sites excluding steroid dienone is 1. The van der Waals surface area contributed by atoms with E-state index < -0.39 is 17.9 Å². The lowest BCUT2D eigenvalue weighted by molar-refractivity contribution is -0.158. The number of methoxy groups -OCH3 is 2. The number of ether oxygens (including phenoxy) is 2. The van der Waals surface area contributed by atoms with Gasteiger partial charge in [0.2, 0.25) is 0 Å². The summed E-state index contributed by atoms with van der Waals surface area (Å²) in [5.41, 5.74) is 6.94. The molecule has 0 spiro atoms. The van der Waals surface area contributed by atoms with Crippen LogP contribution >= 0.6 is 11.6 Å². The van der Waals surface area contributed by atoms with Crippen molar-refractivity contribution in [1.82, 2.24) is 0 Å². The normalized spacial score (nSPS) is 10.8. The predicted octanol–water partition coefficient (Wildman–Crippen LogP) is 2.29. The molecular formula is C14H16ClNO4. The molecule has 0 heterocycles. The standard InChI is InChI=1S/C14H16ClNO4/c1-19-13(17)11(14(18)20-2)5-3-4-9-8-10(16)6-7-12(9)15/h3-4,6-8,11H,5,16H2,1-2H3. The number of carbonyl (C=O) groups excluding carboxylic acids is 2. The molecule has 0 aliphatic carbocycles. The van der Waals surface area contributed by atoms with Crippen molar-refractivity contribution in [1.29, 1.82) is 0 Å². The molecule has 6 heteroatoms. The average Bonchev–Trinajstić information content (AvgIpc) is 2.45. The van der Waals surface area contributed by atoms with E-state index in [1.807, 2.05) is 0 Å². The van der Waals surface area contributed by atoms with Crippen molar-refractivity contribution in [3.63, 3.8) is 0 Å². The van der Waals surface area contributed by atoms with Gasteiger partial charge < -0.3 is 15.2 Å². The van der Waals surface area contributed by atoms with Crippen molar-refractivity contribution in [2.45, 2.75) is 6.42 Å². The quantitative estimate of drug-likeness (QED) is 0.512. The highest BCUT2D eigenvalue weighted by Crippen LogP contribution is 2.21. The smallest absolute Gasteiger partial charge is 0.320 e. The molecule has 2 N–H and O–H groups in total. The summed E-state index contributed by atoms with van der Waals surface area (Å²) in [5.74, 6) is -2.26. The highest BCUT2D eigenvalue weighted by molar-refractivity contribution is 6.32. The van der Waals surface area contributed by atoms with E-state index in [1.54, 1.807) is 30.4 Å². The Bertz CT molecular complexity index is 512. The Morgan fingerprint density at radius 2 is 1.90 bits per heavy atom. The summed E-state index contributed by atoms with van der Waals surface area (Å²) in [4.78, 5) is 22.9.